The largest absolute Gasteiger partial charge is 0.506 e. The molecular weight excluding hydrogens is 350 g/mol. The van der Waals surface area contributed by atoms with Gasteiger partial charge in [-0.1, -0.05) is 11.6 Å². The SMILES string of the molecule is CN(C)CCCN1CCN(Cc2ccc(-c3ccc(O)c(Cl)c3)o2)CC1. The third-order valence-corrected chi connectivity index (χ3v) is 5.12. The summed E-state index contributed by atoms with van der Waals surface area (Å²) in [5.41, 5.74) is 0.879. The molecule has 1 saturated heterocycles. The van der Waals surface area contributed by atoms with Crippen molar-refractivity contribution in [2.75, 3.05) is 53.4 Å². The second kappa shape index (κ2) is 8.91. The molecule has 0 bridgehead atoms. The van der Waals surface area contributed by atoms with Gasteiger partial charge in [0.05, 0.1) is 11.6 Å². The molecule has 3 rings (SSSR count). The van der Waals surface area contributed by atoms with E-state index in [9.17, 15) is 5.11 Å². The summed E-state index contributed by atoms with van der Waals surface area (Å²) in [6.45, 7) is 7.54. The van der Waals surface area contributed by atoms with Crippen LogP contribution in [0.15, 0.2) is 34.7 Å². The summed E-state index contributed by atoms with van der Waals surface area (Å²) in [5, 5.41) is 9.88. The third kappa shape index (κ3) is 5.24. The van der Waals surface area contributed by atoms with Crippen LogP contribution in [0.25, 0.3) is 11.3 Å². The maximum atomic E-state index is 9.54. The van der Waals surface area contributed by atoms with Gasteiger partial charge < -0.3 is 19.3 Å². The lowest BCUT2D eigenvalue weighted by atomic mass is 10.2. The van der Waals surface area contributed by atoms with Gasteiger partial charge in [0.25, 0.3) is 0 Å². The van der Waals surface area contributed by atoms with Crippen molar-refractivity contribution < 1.29 is 9.52 Å². The average molecular weight is 378 g/mol. The summed E-state index contributed by atoms with van der Waals surface area (Å²) in [7, 11) is 4.25. The second-order valence-electron chi connectivity index (χ2n) is 7.21. The Morgan fingerprint density at radius 2 is 1.81 bits per heavy atom. The highest BCUT2D eigenvalue weighted by molar-refractivity contribution is 6.32. The number of piperazine rings is 1. The van der Waals surface area contributed by atoms with Crippen LogP contribution >= 0.6 is 11.6 Å². The highest BCUT2D eigenvalue weighted by Gasteiger charge is 2.18. The van der Waals surface area contributed by atoms with Gasteiger partial charge >= 0.3 is 0 Å². The number of nitrogens with zero attached hydrogens (tertiary/aromatic N) is 3. The first kappa shape index (κ1) is 19.2. The molecule has 5 nitrogen and oxygen atoms in total. The van der Waals surface area contributed by atoms with Gasteiger partial charge in [-0.25, -0.2) is 0 Å². The van der Waals surface area contributed by atoms with Crippen LogP contribution in [-0.2, 0) is 6.54 Å². The van der Waals surface area contributed by atoms with Crippen LogP contribution in [0.1, 0.15) is 12.2 Å². The van der Waals surface area contributed by atoms with Crippen LogP contribution in [0, 0.1) is 0 Å². The molecule has 2 heterocycles. The molecular formula is C20H28ClN3O2. The molecule has 1 N–H and O–H groups in total. The summed E-state index contributed by atoms with van der Waals surface area (Å²) in [5.74, 6) is 1.83. The number of benzene rings is 1. The van der Waals surface area contributed by atoms with E-state index in [1.54, 1.807) is 12.1 Å². The zero-order chi connectivity index (χ0) is 18.5. The fraction of sp³-hybridized carbons (Fsp3) is 0.500. The first-order valence-corrected chi connectivity index (χ1v) is 9.56. The predicted octanol–water partition coefficient (Wildman–Crippen LogP) is 3.37. The maximum Gasteiger partial charge on any atom is 0.134 e. The van der Waals surface area contributed by atoms with Crippen LogP contribution in [0.4, 0.5) is 0 Å². The van der Waals surface area contributed by atoms with Crippen molar-refractivity contribution in [3.8, 4) is 17.1 Å². The van der Waals surface area contributed by atoms with Gasteiger partial charge in [-0.05, 0) is 63.9 Å². The quantitative estimate of drug-likeness (QED) is 0.801. The Morgan fingerprint density at radius 1 is 1.08 bits per heavy atom. The lowest BCUT2D eigenvalue weighted by Crippen LogP contribution is -2.46. The number of rotatable bonds is 7. The Morgan fingerprint density at radius 3 is 2.50 bits per heavy atom. The van der Waals surface area contributed by atoms with E-state index >= 15 is 0 Å². The second-order valence-corrected chi connectivity index (χ2v) is 7.61. The van der Waals surface area contributed by atoms with Crippen molar-refractivity contribution in [3.05, 3.63) is 41.1 Å². The summed E-state index contributed by atoms with van der Waals surface area (Å²) < 4.78 is 5.98. The first-order valence-electron chi connectivity index (χ1n) is 9.18. The minimum Gasteiger partial charge on any atom is -0.506 e. The summed E-state index contributed by atoms with van der Waals surface area (Å²) in [6, 6.07) is 9.13. The van der Waals surface area contributed by atoms with E-state index in [4.69, 9.17) is 16.0 Å². The Labute approximate surface area is 160 Å². The minimum absolute atomic E-state index is 0.0886. The van der Waals surface area contributed by atoms with E-state index in [0.29, 0.717) is 5.02 Å². The smallest absolute Gasteiger partial charge is 0.134 e. The van der Waals surface area contributed by atoms with E-state index in [2.05, 4.69) is 28.8 Å². The van der Waals surface area contributed by atoms with Crippen LogP contribution in [0.5, 0.6) is 5.75 Å². The molecule has 0 aliphatic carbocycles. The van der Waals surface area contributed by atoms with Crippen molar-refractivity contribution in [1.29, 1.82) is 0 Å². The molecule has 0 spiro atoms. The van der Waals surface area contributed by atoms with Crippen LogP contribution in [0.2, 0.25) is 5.02 Å². The molecule has 1 aliphatic rings. The van der Waals surface area contributed by atoms with Crippen molar-refractivity contribution in [2.45, 2.75) is 13.0 Å². The molecule has 1 fully saturated rings. The number of aromatic hydroxyl groups is 1. The number of halogens is 1. The van der Waals surface area contributed by atoms with Gasteiger partial charge in [-0.2, -0.15) is 0 Å². The maximum absolute atomic E-state index is 9.54. The summed E-state index contributed by atoms with van der Waals surface area (Å²) in [4.78, 5) is 7.23. The summed E-state index contributed by atoms with van der Waals surface area (Å²) >= 11 is 5.99. The van der Waals surface area contributed by atoms with Gasteiger partial charge in [0, 0.05) is 31.7 Å². The van der Waals surface area contributed by atoms with Crippen LogP contribution in [-0.4, -0.2) is 73.2 Å². The van der Waals surface area contributed by atoms with E-state index in [0.717, 1.165) is 56.4 Å². The van der Waals surface area contributed by atoms with Crippen molar-refractivity contribution in [1.82, 2.24) is 14.7 Å². The lowest BCUT2D eigenvalue weighted by Gasteiger charge is -2.34. The topological polar surface area (TPSA) is 43.1 Å². The van der Waals surface area contributed by atoms with Gasteiger partial charge in [-0.3, -0.25) is 4.90 Å². The first-order chi connectivity index (χ1) is 12.5. The molecule has 0 unspecified atom stereocenters. The van der Waals surface area contributed by atoms with Crippen molar-refractivity contribution in [2.24, 2.45) is 0 Å². The molecule has 1 aromatic carbocycles. The van der Waals surface area contributed by atoms with Gasteiger partial charge in [0.15, 0.2) is 0 Å². The zero-order valence-electron chi connectivity index (χ0n) is 15.6. The number of furan rings is 1. The monoisotopic (exact) mass is 377 g/mol. The molecule has 1 aromatic heterocycles. The highest BCUT2D eigenvalue weighted by atomic mass is 35.5. The Hall–Kier alpha value is -1.53. The molecule has 6 heteroatoms. The third-order valence-electron chi connectivity index (χ3n) is 4.82. The van der Waals surface area contributed by atoms with Crippen LogP contribution in [0.3, 0.4) is 0 Å². The average Bonchev–Trinajstić information content (AvgIpc) is 3.07. The molecule has 0 saturated carbocycles. The fourth-order valence-corrected chi connectivity index (χ4v) is 3.46. The zero-order valence-corrected chi connectivity index (χ0v) is 16.4. The van der Waals surface area contributed by atoms with E-state index in [1.165, 1.54) is 13.0 Å². The molecule has 0 atom stereocenters. The Bertz CT molecular complexity index is 709. The van der Waals surface area contributed by atoms with Gasteiger partial charge in [-0.15, -0.1) is 0 Å². The van der Waals surface area contributed by atoms with Crippen LogP contribution < -0.4 is 0 Å². The molecule has 26 heavy (non-hydrogen) atoms. The summed E-state index contributed by atoms with van der Waals surface area (Å²) in [6.07, 6.45) is 1.23. The van der Waals surface area contributed by atoms with Crippen molar-refractivity contribution >= 4 is 11.6 Å². The Kier molecular flexibility index (Phi) is 6.59. The van der Waals surface area contributed by atoms with Gasteiger partial charge in [0.2, 0.25) is 0 Å². The number of phenolic OH excluding ortho intramolecular Hbond substituents is 1. The molecule has 2 aromatic rings. The molecule has 142 valence electrons. The van der Waals surface area contributed by atoms with E-state index < -0.39 is 0 Å². The fourth-order valence-electron chi connectivity index (χ4n) is 3.28. The predicted molar refractivity (Wildman–Crippen MR) is 106 cm³/mol. The van der Waals surface area contributed by atoms with E-state index in [1.807, 2.05) is 18.2 Å². The van der Waals surface area contributed by atoms with E-state index in [-0.39, 0.29) is 5.75 Å². The van der Waals surface area contributed by atoms with Crippen molar-refractivity contribution in [3.63, 3.8) is 0 Å². The standard InChI is InChI=1S/C20H28ClN3O2/c1-22(2)8-3-9-23-10-12-24(13-11-23)15-17-5-7-20(26-17)16-4-6-19(25)18(21)14-16/h4-7,14,25H,3,8-13,15H2,1-2H3. The number of hydrogen-bond acceptors (Lipinski definition) is 5. The molecule has 0 radical (unpaired) electrons. The number of phenols is 1. The minimum atomic E-state index is 0.0886. The molecule has 0 amide bonds. The number of hydrogen-bond donors (Lipinski definition) is 1. The lowest BCUT2D eigenvalue weighted by molar-refractivity contribution is 0.118. The Balaban J connectivity index is 1.48. The normalized spacial score (nSPS) is 16.5. The highest BCUT2D eigenvalue weighted by Crippen LogP contribution is 2.30. The molecule has 1 aliphatic heterocycles. The van der Waals surface area contributed by atoms with Gasteiger partial charge in [0.1, 0.15) is 17.3 Å².